The molecular weight excluding hydrogens is 1040 g/mol. The van der Waals surface area contributed by atoms with Crippen molar-refractivity contribution in [3.05, 3.63) is 0 Å². The van der Waals surface area contributed by atoms with Crippen LogP contribution in [0.3, 0.4) is 0 Å². The molecule has 0 aliphatic rings. The summed E-state index contributed by atoms with van der Waals surface area (Å²) in [4.78, 5) is 0. The van der Waals surface area contributed by atoms with Crippen molar-refractivity contribution in [3.8, 4) is 0 Å². The molecule has 16 unspecified atom stereocenters. The van der Waals surface area contributed by atoms with Gasteiger partial charge in [-0.25, -0.2) is 0 Å². The summed E-state index contributed by atoms with van der Waals surface area (Å²) in [5.41, 5.74) is 0.825. The third kappa shape index (κ3) is 9.95. The van der Waals surface area contributed by atoms with Crippen LogP contribution in [-0.4, -0.2) is 16.1 Å². The van der Waals surface area contributed by atoms with Gasteiger partial charge in [-0.3, -0.25) is 0 Å². The second kappa shape index (κ2) is 28.7. The van der Waals surface area contributed by atoms with E-state index in [-0.39, 0.29) is 91.7 Å². The van der Waals surface area contributed by atoms with Crippen molar-refractivity contribution in [1.82, 2.24) is 0 Å². The van der Waals surface area contributed by atoms with E-state index in [0.29, 0.717) is 0 Å². The van der Waals surface area contributed by atoms with Crippen LogP contribution in [-0.2, 0) is 0 Å². The van der Waals surface area contributed by atoms with E-state index in [2.05, 4.69) is 284 Å². The lowest BCUT2D eigenvalue weighted by Gasteiger charge is -2.79. The van der Waals surface area contributed by atoms with Gasteiger partial charge in [-0.2, -0.15) is 0 Å². The van der Waals surface area contributed by atoms with Crippen molar-refractivity contribution in [2.24, 2.45) is 86.6 Å². The van der Waals surface area contributed by atoms with Gasteiger partial charge in [-0.05, 0) is 188 Å². The van der Waals surface area contributed by atoms with Crippen LogP contribution in [0, 0.1) is 86.6 Å². The second-order valence-corrected chi connectivity index (χ2v) is 46.2. The van der Waals surface area contributed by atoms with Gasteiger partial charge in [0.2, 0.25) is 0 Å². The van der Waals surface area contributed by atoms with Crippen molar-refractivity contribution >= 4 is 16.1 Å². The second-order valence-electron chi connectivity index (χ2n) is 34.2. The molecule has 0 aliphatic carbocycles. The van der Waals surface area contributed by atoms with Crippen LogP contribution in [0.5, 0.6) is 0 Å². The smallest absolute Gasteiger partial charge is 0.0597 e. The van der Waals surface area contributed by atoms with Gasteiger partial charge in [-0.15, -0.1) is 0 Å². The Labute approximate surface area is 539 Å². The standard InChI is InChI=1S/C82H170Si2/c1-42-66(25,43-2)67(26,44-3)68(27,45-4)69(28,46-5)70(29,47-6)71(30,48-7)72(31,49-8)73(32,50-9)74(33,51-10)75(34,52-11)76(35,53-12)77(36,54-13)78(37,55-14)79(38,56-15)80(39,57-16)81(40,58-17)82(41,59-18)84(63-22,64-23)65(24)83(60-19,61-20)62-21/h65H,42-64H2,1-41H3/t65-,67?,68?,69?,70?,71?,72?,73?,74?,75?,76?,77?,78?,79?,80?,81?,82?/m1/s1. The Balaban J connectivity index is 9.93. The molecule has 84 heavy (non-hydrogen) atoms. The highest BCUT2D eigenvalue weighted by molar-refractivity contribution is 7.00. The minimum atomic E-state index is -1.98. The van der Waals surface area contributed by atoms with Gasteiger partial charge in [0, 0.05) is 0 Å². The zero-order chi connectivity index (χ0) is 67.3. The summed E-state index contributed by atoms with van der Waals surface area (Å²) in [5.74, 6) is 0. The lowest BCUT2D eigenvalue weighted by atomic mass is 9.26. The molecule has 0 saturated carbocycles. The fraction of sp³-hybridized carbons (Fsp3) is 1.00. The molecule has 0 nitrogen and oxygen atoms in total. The number of hydrogen-bond donors (Lipinski definition) is 0. The van der Waals surface area contributed by atoms with E-state index in [4.69, 9.17) is 0 Å². The molecule has 0 rings (SSSR count). The lowest BCUT2D eigenvalue weighted by Crippen LogP contribution is -2.72. The van der Waals surface area contributed by atoms with Crippen molar-refractivity contribution in [2.45, 2.75) is 440 Å². The van der Waals surface area contributed by atoms with E-state index in [9.17, 15) is 0 Å². The molecule has 0 N–H and O–H groups in total. The van der Waals surface area contributed by atoms with E-state index in [0.717, 1.165) is 5.16 Å². The summed E-state index contributed by atoms with van der Waals surface area (Å²) in [6, 6.07) is 7.17. The summed E-state index contributed by atoms with van der Waals surface area (Å²) < 4.78 is 0. The van der Waals surface area contributed by atoms with Crippen molar-refractivity contribution < 1.29 is 0 Å². The van der Waals surface area contributed by atoms with E-state index in [1.807, 2.05) is 0 Å². The molecule has 0 saturated heterocycles. The molecule has 0 aromatic rings. The largest absolute Gasteiger partial charge is 0.0678 e. The highest BCUT2D eigenvalue weighted by atomic mass is 28.4. The highest BCUT2D eigenvalue weighted by Crippen LogP contribution is 2.85. The zero-order valence-electron chi connectivity index (χ0n) is 67.3. The van der Waals surface area contributed by atoms with E-state index < -0.39 is 16.1 Å². The first kappa shape index (κ1) is 84.4. The average molecular weight is 1210 g/mol. The van der Waals surface area contributed by atoms with E-state index >= 15 is 0 Å². The molecule has 0 bridgehead atoms. The van der Waals surface area contributed by atoms with Gasteiger partial charge in [0.1, 0.15) is 0 Å². The van der Waals surface area contributed by atoms with Gasteiger partial charge < -0.3 is 0 Å². The molecule has 2 heteroatoms. The predicted molar refractivity (Wildman–Crippen MR) is 397 cm³/mol. The summed E-state index contributed by atoms with van der Waals surface area (Å²) in [7, 11) is -3.51. The Kier molecular flexibility index (Phi) is 28.9. The van der Waals surface area contributed by atoms with Gasteiger partial charge in [0.15, 0.2) is 0 Å². The highest BCUT2D eigenvalue weighted by Gasteiger charge is 2.78. The van der Waals surface area contributed by atoms with Crippen LogP contribution in [0.25, 0.3) is 0 Å². The van der Waals surface area contributed by atoms with Crippen LogP contribution in [0.15, 0.2) is 0 Å². The first-order valence-corrected chi connectivity index (χ1v) is 43.5. The average Bonchev–Trinajstić information content (AvgIpc) is 0.752. The van der Waals surface area contributed by atoms with Crippen LogP contribution in [0.1, 0.15) is 399 Å². The topological polar surface area (TPSA) is 0 Å². The number of rotatable bonds is 42. The zero-order valence-corrected chi connectivity index (χ0v) is 69.3. The SMILES string of the molecule is CCC(C)(CC)C(C)(CC)C(C)(CC)C(C)(CC)C(C)(CC)C(C)(CC)C(C)(CC)C(C)(CC)C(C)(CC)C(C)(CC)C(C)(CC)C(C)(CC)C(C)(CC)C(C)(CC)C(C)(CC)C(C)(CC)C(C)(CC)[Si](CC)(CC)[C@H](C)[Si](CC)(CC)CC. The Bertz CT molecular complexity index is 1980. The quantitative estimate of drug-likeness (QED) is 0.0535. The normalized spacial score (nSPS) is 25.4. The van der Waals surface area contributed by atoms with E-state index in [1.54, 1.807) is 0 Å². The predicted octanol–water partition coefficient (Wildman–Crippen LogP) is 30.2. The molecule has 0 aromatic carbocycles. The van der Waals surface area contributed by atoms with Crippen LogP contribution < -0.4 is 0 Å². The monoisotopic (exact) mass is 1210 g/mol. The van der Waals surface area contributed by atoms with Crippen molar-refractivity contribution in [3.63, 3.8) is 0 Å². The minimum Gasteiger partial charge on any atom is -0.0678 e. The molecule has 0 aliphatic heterocycles. The molecule has 0 radical (unpaired) electrons. The van der Waals surface area contributed by atoms with Gasteiger partial charge in [0.05, 0.1) is 16.1 Å². The first-order chi connectivity index (χ1) is 38.3. The van der Waals surface area contributed by atoms with Crippen molar-refractivity contribution in [1.29, 1.82) is 0 Å². The Morgan fingerprint density at radius 3 is 0.464 bits per heavy atom. The Hall–Kier alpha value is 0.434. The molecule has 17 atom stereocenters. The Morgan fingerprint density at radius 2 is 0.345 bits per heavy atom. The van der Waals surface area contributed by atoms with Gasteiger partial charge in [-0.1, -0.05) is 339 Å². The maximum atomic E-state index is 2.96. The fourth-order valence-corrected chi connectivity index (χ4v) is 46.2. The third-order valence-electron chi connectivity index (χ3n) is 38.7. The maximum absolute atomic E-state index is 2.96. The first-order valence-electron chi connectivity index (χ1n) is 38.3. The van der Waals surface area contributed by atoms with Crippen LogP contribution in [0.4, 0.5) is 0 Å². The molecular formula is C82H170Si2. The van der Waals surface area contributed by atoms with Gasteiger partial charge >= 0.3 is 0 Å². The number of hydrogen-bond acceptors (Lipinski definition) is 0. The molecule has 0 aromatic heterocycles. The molecule has 0 spiro atoms. The third-order valence-corrected chi connectivity index (χ3v) is 55.5. The summed E-state index contributed by atoms with van der Waals surface area (Å²) >= 11 is 0. The fourth-order valence-electron chi connectivity index (χ4n) is 27.6. The summed E-state index contributed by atoms with van der Waals surface area (Å²) in [6.07, 6.45) is 21.8. The lowest BCUT2D eigenvalue weighted by molar-refractivity contribution is -0.301. The molecule has 0 heterocycles. The molecule has 0 amide bonds. The van der Waals surface area contributed by atoms with Gasteiger partial charge in [0.25, 0.3) is 0 Å². The minimum absolute atomic E-state index is 0.000588. The Morgan fingerprint density at radius 1 is 0.190 bits per heavy atom. The maximum Gasteiger partial charge on any atom is 0.0597 e. The van der Waals surface area contributed by atoms with Crippen LogP contribution in [0.2, 0.25) is 40.4 Å². The van der Waals surface area contributed by atoms with E-state index in [1.165, 1.54) is 146 Å². The van der Waals surface area contributed by atoms with Crippen LogP contribution >= 0.6 is 0 Å². The summed E-state index contributed by atoms with van der Waals surface area (Å²) in [6.45, 7) is 113. The molecule has 506 valence electrons. The summed E-state index contributed by atoms with van der Waals surface area (Å²) in [5, 5.41) is 1.17. The van der Waals surface area contributed by atoms with Crippen molar-refractivity contribution in [2.75, 3.05) is 0 Å². The molecule has 0 fully saturated rings.